The van der Waals surface area contributed by atoms with Gasteiger partial charge in [0.2, 0.25) is 35.6 Å². The summed E-state index contributed by atoms with van der Waals surface area (Å²) >= 11 is 31.3. The van der Waals surface area contributed by atoms with Crippen LogP contribution >= 0.6 is 58.0 Å². The summed E-state index contributed by atoms with van der Waals surface area (Å²) in [5, 5.41) is 13.8. The van der Waals surface area contributed by atoms with Crippen LogP contribution in [-0.2, 0) is 4.43 Å². The number of amides is 4. The number of ether oxygens (including phenoxy) is 2. The number of rotatable bonds is 20. The van der Waals surface area contributed by atoms with E-state index in [0.29, 0.717) is 92.6 Å². The van der Waals surface area contributed by atoms with Gasteiger partial charge < -0.3 is 44.3 Å². The van der Waals surface area contributed by atoms with Crippen molar-refractivity contribution in [3.8, 4) is 35.6 Å². The predicted molar refractivity (Wildman–Crippen MR) is 528 cm³/mol. The number of hydrogen-bond acceptors (Lipinski definition) is 25. The van der Waals surface area contributed by atoms with E-state index in [2.05, 4.69) is 132 Å². The van der Waals surface area contributed by atoms with Crippen molar-refractivity contribution in [2.75, 3.05) is 77.9 Å². The van der Waals surface area contributed by atoms with E-state index in [0.717, 1.165) is 145 Å². The fraction of sp³-hybridized carbons (Fsp3) is 0.306. The van der Waals surface area contributed by atoms with Crippen LogP contribution in [0.4, 0.5) is 28.6 Å². The van der Waals surface area contributed by atoms with Crippen molar-refractivity contribution in [3.63, 3.8) is 0 Å². The Morgan fingerprint density at radius 1 is 0.438 bits per heavy atom. The number of anilines is 5. The third kappa shape index (κ3) is 19.1. The Balaban J connectivity index is 0.000000117. The van der Waals surface area contributed by atoms with E-state index in [4.69, 9.17) is 77.6 Å². The minimum Gasteiger partial charge on any atom is -0.475 e. The number of aryl methyl sites for hydroxylation is 4. The first-order chi connectivity index (χ1) is 66.0. The maximum Gasteiger partial charge on any atom is 0.267 e. The molecule has 6 aliphatic rings. The lowest BCUT2D eigenvalue weighted by molar-refractivity contribution is 0.0973. The molecule has 14 heterocycles. The first-order valence-electron chi connectivity index (χ1n) is 45.0. The highest BCUT2D eigenvalue weighted by Crippen LogP contribution is 2.51. The molecule has 22 rings (SSSR count). The number of halogens is 5. The summed E-state index contributed by atoms with van der Waals surface area (Å²) in [4.78, 5) is 129. The summed E-state index contributed by atoms with van der Waals surface area (Å²) in [5.41, 5.74) is 22.4. The van der Waals surface area contributed by atoms with Crippen LogP contribution < -0.4 is 34.8 Å². The van der Waals surface area contributed by atoms with Gasteiger partial charge in [-0.2, -0.15) is 0 Å². The van der Waals surface area contributed by atoms with Crippen molar-refractivity contribution in [1.29, 1.82) is 0 Å². The van der Waals surface area contributed by atoms with E-state index in [1.165, 1.54) is 41.3 Å². The molecule has 0 bridgehead atoms. The first-order valence-corrected chi connectivity index (χ1v) is 49.8. The first kappa shape index (κ1) is 92.6. The average Bonchev–Trinajstić information content (AvgIpc) is 1.62. The number of benzene rings is 4. The molecular weight excluding hydrogens is 1860 g/mol. The standard InChI is InChI=1S/C29H34Cl2N6O2Si.C23H20Cl2N6O2.C23H19ClN6O2.C23H21N7O2/c1-18-15-32-28(33-16-18)37-10-9-20-13-21(14-22(24(20)37)19-7-8-19)36(11-12-39-40(5,6)29(2,3)4)27(38)23-25(30)34-17-35-26(23)31;1-13-10-26-23(27-11-13)31-5-4-15-8-16(9-17(19(15)31)14-2-3-14)30(6-7-32)22(33)18-20(24)28-12-29-21(18)25;2*1-13-10-25-23(26-11-13)30-5-4-15-8-16(9-17(19(15)30)14-2-3-14)29-6-7-32-21-18(22(29)31)20(24)27-12-28-21/h9-10,13-17,19H,7-8,11-12H2,1-6H3;4-5,8-12,14,32H,2-3,6-7H2,1H3;4-5,8-12,14H,2-3,6-7H2,1H3;4-5,8-12,14H,2-3,6-7H2,1H3,(H2,24,27,28). The molecule has 33 nitrogen and oxygen atoms in total. The van der Waals surface area contributed by atoms with Crippen molar-refractivity contribution in [1.82, 2.24) is 98.0 Å². The fourth-order valence-corrected chi connectivity index (χ4v) is 19.0. The number of aliphatic hydroxyl groups is 1. The van der Waals surface area contributed by atoms with Crippen LogP contribution in [0.25, 0.3) is 67.4 Å². The van der Waals surface area contributed by atoms with Crippen LogP contribution in [0, 0.1) is 27.7 Å². The molecule has 39 heteroatoms. The molecule has 137 heavy (non-hydrogen) atoms. The van der Waals surface area contributed by atoms with Crippen molar-refractivity contribution in [2.24, 2.45) is 0 Å². The summed E-state index contributed by atoms with van der Waals surface area (Å²) in [5.74, 6) is 3.40. The molecule has 4 aromatic carbocycles. The minimum atomic E-state index is -2.04. The molecular formula is C98H94Cl5N25O8Si. The Morgan fingerprint density at radius 2 is 0.752 bits per heavy atom. The van der Waals surface area contributed by atoms with Crippen LogP contribution in [-0.4, -0.2) is 188 Å². The zero-order valence-electron chi connectivity index (χ0n) is 76.3. The Hall–Kier alpha value is -13.5. The van der Waals surface area contributed by atoms with Gasteiger partial charge in [0.05, 0.1) is 48.4 Å². The van der Waals surface area contributed by atoms with Crippen LogP contribution in [0.15, 0.2) is 172 Å². The van der Waals surface area contributed by atoms with E-state index < -0.39 is 14.2 Å². The summed E-state index contributed by atoms with van der Waals surface area (Å²) < 4.78 is 25.9. The highest BCUT2D eigenvalue weighted by atomic mass is 35.5. The number of carbonyl (C=O) groups is 4. The Bertz CT molecular complexity index is 7120. The second-order valence-corrected chi connectivity index (χ2v) is 42.9. The normalized spacial score (nSPS) is 14.9. The SMILES string of the molecule is Cc1cnc(-n2ccc3cc(N(CCO)C(=O)c4c(Cl)ncnc4Cl)cc(C4CC4)c32)nc1.Cc1cnc(-n2ccc3cc(N(CCO[Si](C)(C)C(C)(C)C)C(=O)c4c(Cl)ncnc4Cl)cc(C4CC4)c32)nc1.Cc1cnc(-n2ccc3cc(N4CCOc5ncnc(Cl)c5C4=O)cc(C4CC4)c32)nc1.Cc1cnc(-n2ccc3cc(N4CCOc5ncnc(N)c5C4=O)cc(C4CC4)c32)nc1. The fourth-order valence-electron chi connectivity index (χ4n) is 16.8. The summed E-state index contributed by atoms with van der Waals surface area (Å²) in [6.07, 6.45) is 36.2. The summed E-state index contributed by atoms with van der Waals surface area (Å²) in [6.45, 7) is 20.8. The number of carbonyl (C=O) groups excluding carboxylic acids is 4. The number of nitrogens with zero attached hydrogens (tertiary/aromatic N) is 24. The van der Waals surface area contributed by atoms with Gasteiger partial charge in [0.25, 0.3) is 23.6 Å². The zero-order valence-corrected chi connectivity index (χ0v) is 81.1. The van der Waals surface area contributed by atoms with Gasteiger partial charge in [0, 0.05) is 132 Å². The Labute approximate surface area is 813 Å². The van der Waals surface area contributed by atoms with Crippen molar-refractivity contribution >= 4 is 162 Å². The van der Waals surface area contributed by atoms with Gasteiger partial charge in [-0.15, -0.1) is 0 Å². The maximum absolute atomic E-state index is 14.0. The lowest BCUT2D eigenvalue weighted by atomic mass is 10.0. The monoisotopic (exact) mass is 1950 g/mol. The Kier molecular flexibility index (Phi) is 25.9. The minimum absolute atomic E-state index is 0.00739. The summed E-state index contributed by atoms with van der Waals surface area (Å²) in [6, 6.07) is 24.3. The van der Waals surface area contributed by atoms with E-state index >= 15 is 0 Å². The molecule has 4 aliphatic carbocycles. The molecule has 4 amide bonds. The number of fused-ring (bicyclic) bond motifs is 6. The molecule has 4 saturated carbocycles. The van der Waals surface area contributed by atoms with Crippen molar-refractivity contribution in [3.05, 3.63) is 265 Å². The molecule has 0 radical (unpaired) electrons. The highest BCUT2D eigenvalue weighted by Gasteiger charge is 2.41. The quantitative estimate of drug-likeness (QED) is 0.0528. The number of nitrogens with two attached hydrogens (primary N) is 1. The number of aliphatic hydroxyl groups excluding tert-OH is 1. The third-order valence-corrected chi connectivity index (χ3v) is 31.4. The number of hydrogen-bond donors (Lipinski definition) is 2. The largest absolute Gasteiger partial charge is 0.475 e. The molecule has 12 aromatic heterocycles. The Morgan fingerprint density at radius 3 is 1.10 bits per heavy atom. The van der Waals surface area contributed by atoms with Crippen LogP contribution in [0.3, 0.4) is 0 Å². The summed E-state index contributed by atoms with van der Waals surface area (Å²) in [7, 11) is -2.04. The molecule has 4 fully saturated rings. The molecule has 0 atom stereocenters. The predicted octanol–water partition coefficient (Wildman–Crippen LogP) is 18.8. The molecule has 2 aliphatic heterocycles. The van der Waals surface area contributed by atoms with E-state index in [-0.39, 0.29) is 102 Å². The van der Waals surface area contributed by atoms with Gasteiger partial charge in [-0.1, -0.05) is 78.8 Å². The van der Waals surface area contributed by atoms with Gasteiger partial charge in [-0.05, 0) is 238 Å². The zero-order chi connectivity index (χ0) is 95.6. The third-order valence-electron chi connectivity index (χ3n) is 25.4. The number of nitrogen functional groups attached to an aromatic ring is 1. The highest BCUT2D eigenvalue weighted by molar-refractivity contribution is 6.74. The van der Waals surface area contributed by atoms with Gasteiger partial charge in [0.1, 0.15) is 92.4 Å². The van der Waals surface area contributed by atoms with Gasteiger partial charge in [-0.3, -0.25) is 37.4 Å². The average molecular weight is 1960 g/mol. The maximum atomic E-state index is 14.0. The van der Waals surface area contributed by atoms with E-state index in [1.54, 1.807) is 27.1 Å². The molecule has 698 valence electrons. The lowest BCUT2D eigenvalue weighted by Gasteiger charge is -2.37. The molecule has 0 saturated heterocycles. The van der Waals surface area contributed by atoms with Crippen LogP contribution in [0.1, 0.15) is 182 Å². The molecule has 16 aromatic rings. The van der Waals surface area contributed by atoms with Crippen molar-refractivity contribution < 1.29 is 38.2 Å². The van der Waals surface area contributed by atoms with Crippen molar-refractivity contribution in [2.45, 2.75) is 142 Å². The second-order valence-electron chi connectivity index (χ2n) is 36.3. The lowest BCUT2D eigenvalue weighted by Crippen LogP contribution is -2.43. The van der Waals surface area contributed by atoms with E-state index in [1.807, 2.05) is 163 Å². The second kappa shape index (κ2) is 38.3. The smallest absolute Gasteiger partial charge is 0.267 e. The van der Waals surface area contributed by atoms with Gasteiger partial charge >= 0.3 is 0 Å². The topological polar surface area (TPSA) is 381 Å². The molecule has 0 spiro atoms. The van der Waals surface area contributed by atoms with Crippen LogP contribution in [0.2, 0.25) is 43.9 Å². The van der Waals surface area contributed by atoms with E-state index in [9.17, 15) is 24.3 Å². The van der Waals surface area contributed by atoms with Gasteiger partial charge in [0.15, 0.2) is 8.32 Å². The van der Waals surface area contributed by atoms with Gasteiger partial charge in [-0.25, -0.2) is 79.7 Å². The van der Waals surface area contributed by atoms with Crippen LogP contribution in [0.5, 0.6) is 11.8 Å². The molecule has 3 N–H and O–H groups in total. The molecule has 0 unspecified atom stereocenters. The number of aromatic nitrogens is 20.